The maximum absolute atomic E-state index is 12.5. The smallest absolute Gasteiger partial charge is 0.226 e. The van der Waals surface area contributed by atoms with Gasteiger partial charge in [-0.1, -0.05) is 42.0 Å². The maximum Gasteiger partial charge on any atom is 0.226 e. The van der Waals surface area contributed by atoms with Crippen molar-refractivity contribution in [2.24, 2.45) is 0 Å². The first kappa shape index (κ1) is 21.4. The Morgan fingerprint density at radius 3 is 2.53 bits per heavy atom. The number of hydrogen-bond acceptors (Lipinski definition) is 5. The summed E-state index contributed by atoms with van der Waals surface area (Å²) in [5.74, 6) is 1.81. The number of nitrogens with one attached hydrogen (secondary N) is 1. The predicted molar refractivity (Wildman–Crippen MR) is 126 cm³/mol. The topological polar surface area (TPSA) is 76.2 Å². The van der Waals surface area contributed by atoms with Crippen LogP contribution in [0.4, 0.5) is 11.5 Å². The minimum atomic E-state index is -0.107. The second-order valence-electron chi connectivity index (χ2n) is 7.97. The predicted octanol–water partition coefficient (Wildman–Crippen LogP) is 4.53. The highest BCUT2D eigenvalue weighted by atomic mass is 16.4. The average Bonchev–Trinajstić information content (AvgIpc) is 3.43. The maximum atomic E-state index is 12.5. The van der Waals surface area contributed by atoms with Crippen molar-refractivity contribution in [2.75, 3.05) is 24.3 Å². The summed E-state index contributed by atoms with van der Waals surface area (Å²) in [5, 5.41) is 7.28. The van der Waals surface area contributed by atoms with Crippen LogP contribution in [0.2, 0.25) is 0 Å². The van der Waals surface area contributed by atoms with Gasteiger partial charge in [0.15, 0.2) is 11.7 Å². The van der Waals surface area contributed by atoms with Gasteiger partial charge in [0, 0.05) is 44.3 Å². The molecule has 0 aliphatic heterocycles. The molecule has 0 bridgehead atoms. The molecule has 0 aliphatic carbocycles. The summed E-state index contributed by atoms with van der Waals surface area (Å²) < 4.78 is 7.59. The summed E-state index contributed by atoms with van der Waals surface area (Å²) >= 11 is 0. The average molecular weight is 430 g/mol. The molecule has 32 heavy (non-hydrogen) atoms. The molecule has 7 nitrogen and oxygen atoms in total. The summed E-state index contributed by atoms with van der Waals surface area (Å²) in [4.78, 5) is 18.9. The van der Waals surface area contributed by atoms with E-state index >= 15 is 0 Å². The second-order valence-corrected chi connectivity index (χ2v) is 7.97. The molecule has 164 valence electrons. The first-order valence-electron chi connectivity index (χ1n) is 10.6. The third kappa shape index (κ3) is 5.24. The molecule has 2 heterocycles. The second kappa shape index (κ2) is 9.51. The fraction of sp³-hybridized carbons (Fsp3) is 0.240. The van der Waals surface area contributed by atoms with Crippen LogP contribution in [0.1, 0.15) is 23.4 Å². The van der Waals surface area contributed by atoms with Gasteiger partial charge < -0.3 is 14.6 Å². The quantitative estimate of drug-likeness (QED) is 0.445. The Morgan fingerprint density at radius 1 is 1.06 bits per heavy atom. The molecule has 0 saturated heterocycles. The van der Waals surface area contributed by atoms with E-state index < -0.39 is 0 Å². The zero-order chi connectivity index (χ0) is 22.5. The van der Waals surface area contributed by atoms with Crippen LogP contribution in [0.15, 0.2) is 71.4 Å². The van der Waals surface area contributed by atoms with Crippen molar-refractivity contribution in [1.29, 1.82) is 0 Å². The van der Waals surface area contributed by atoms with E-state index in [-0.39, 0.29) is 12.3 Å². The minimum absolute atomic E-state index is 0.107. The Bertz CT molecular complexity index is 1170. The summed E-state index contributed by atoms with van der Waals surface area (Å²) in [5.41, 5.74) is 4.41. The molecule has 0 aliphatic rings. The standard InChI is InChI=1S/C25H27N5O2/c1-18-4-8-20(9-5-18)22-16-26-25(32-22)13-12-24(31)28-23-14-15-27-30(23)17-19-6-10-21(11-7-19)29(2)3/h4-11,14-16H,12-13,17H2,1-3H3,(H,28,31). The van der Waals surface area contributed by atoms with Crippen LogP contribution < -0.4 is 10.2 Å². The van der Waals surface area contributed by atoms with Crippen LogP contribution in [-0.4, -0.2) is 34.8 Å². The van der Waals surface area contributed by atoms with Crippen LogP contribution in [-0.2, 0) is 17.8 Å². The van der Waals surface area contributed by atoms with Crippen molar-refractivity contribution in [2.45, 2.75) is 26.3 Å². The number of amides is 1. The van der Waals surface area contributed by atoms with Crippen LogP contribution >= 0.6 is 0 Å². The molecule has 4 rings (SSSR count). The van der Waals surface area contributed by atoms with Crippen molar-refractivity contribution in [3.05, 3.63) is 84.0 Å². The molecular weight excluding hydrogens is 402 g/mol. The first-order chi connectivity index (χ1) is 15.5. The lowest BCUT2D eigenvalue weighted by molar-refractivity contribution is -0.116. The molecule has 1 amide bonds. The molecule has 0 spiro atoms. The number of nitrogens with zero attached hydrogens (tertiary/aromatic N) is 4. The normalized spacial score (nSPS) is 10.8. The van der Waals surface area contributed by atoms with Crippen molar-refractivity contribution >= 4 is 17.4 Å². The zero-order valence-corrected chi connectivity index (χ0v) is 18.6. The van der Waals surface area contributed by atoms with Gasteiger partial charge in [0.1, 0.15) is 5.82 Å². The van der Waals surface area contributed by atoms with E-state index in [1.54, 1.807) is 23.1 Å². The molecule has 1 N–H and O–H groups in total. The SMILES string of the molecule is Cc1ccc(-c2cnc(CCC(=O)Nc3ccnn3Cc3ccc(N(C)C)cc3)o2)cc1. The fourth-order valence-electron chi connectivity index (χ4n) is 3.34. The van der Waals surface area contributed by atoms with Crippen molar-refractivity contribution in [3.8, 4) is 11.3 Å². The van der Waals surface area contributed by atoms with Crippen molar-refractivity contribution < 1.29 is 9.21 Å². The van der Waals surface area contributed by atoms with Crippen LogP contribution in [0, 0.1) is 6.92 Å². The molecule has 0 unspecified atom stereocenters. The molecule has 0 radical (unpaired) electrons. The molecule has 2 aromatic heterocycles. The van der Waals surface area contributed by atoms with Crippen LogP contribution in [0.5, 0.6) is 0 Å². The van der Waals surface area contributed by atoms with E-state index in [2.05, 4.69) is 44.6 Å². The van der Waals surface area contributed by atoms with Gasteiger partial charge >= 0.3 is 0 Å². The van der Waals surface area contributed by atoms with E-state index in [4.69, 9.17) is 4.42 Å². The molecule has 0 saturated carbocycles. The number of benzene rings is 2. The Kier molecular flexibility index (Phi) is 6.35. The fourth-order valence-corrected chi connectivity index (χ4v) is 3.34. The third-order valence-corrected chi connectivity index (χ3v) is 5.22. The van der Waals surface area contributed by atoms with Gasteiger partial charge in [-0.15, -0.1) is 0 Å². The van der Waals surface area contributed by atoms with Crippen LogP contribution in [0.3, 0.4) is 0 Å². The molecular formula is C25H27N5O2. The van der Waals surface area contributed by atoms with Crippen molar-refractivity contribution in [3.63, 3.8) is 0 Å². The monoisotopic (exact) mass is 429 g/mol. The number of anilines is 2. The number of rotatable bonds is 8. The van der Waals surface area contributed by atoms with Gasteiger partial charge in [0.2, 0.25) is 5.91 Å². The lowest BCUT2D eigenvalue weighted by Gasteiger charge is -2.13. The third-order valence-electron chi connectivity index (χ3n) is 5.22. The highest BCUT2D eigenvalue weighted by Crippen LogP contribution is 2.21. The van der Waals surface area contributed by atoms with Gasteiger partial charge in [0.05, 0.1) is 18.9 Å². The molecule has 0 atom stereocenters. The number of carbonyl (C=O) groups is 1. The van der Waals surface area contributed by atoms with Gasteiger partial charge in [-0.2, -0.15) is 5.10 Å². The number of aryl methyl sites for hydroxylation is 2. The summed E-state index contributed by atoms with van der Waals surface area (Å²) in [6.07, 6.45) is 4.09. The van der Waals surface area contributed by atoms with Gasteiger partial charge in [-0.3, -0.25) is 4.79 Å². The van der Waals surface area contributed by atoms with E-state index in [1.165, 1.54) is 5.56 Å². The number of hydrogen-bond donors (Lipinski definition) is 1. The largest absolute Gasteiger partial charge is 0.441 e. The number of oxazole rings is 1. The Labute approximate surface area is 187 Å². The van der Waals surface area contributed by atoms with Gasteiger partial charge in [-0.05, 0) is 24.6 Å². The highest BCUT2D eigenvalue weighted by Gasteiger charge is 2.11. The summed E-state index contributed by atoms with van der Waals surface area (Å²) in [6, 6.07) is 18.1. The van der Waals surface area contributed by atoms with Gasteiger partial charge in [-0.25, -0.2) is 9.67 Å². The number of aromatic nitrogens is 3. The summed E-state index contributed by atoms with van der Waals surface area (Å²) in [6.45, 7) is 2.62. The van der Waals surface area contributed by atoms with Crippen LogP contribution in [0.25, 0.3) is 11.3 Å². The summed E-state index contributed by atoms with van der Waals surface area (Å²) in [7, 11) is 4.02. The lowest BCUT2D eigenvalue weighted by atomic mass is 10.1. The van der Waals surface area contributed by atoms with E-state index in [0.717, 1.165) is 16.8 Å². The van der Waals surface area contributed by atoms with Gasteiger partial charge in [0.25, 0.3) is 0 Å². The minimum Gasteiger partial charge on any atom is -0.441 e. The Hall–Kier alpha value is -3.87. The Balaban J connectivity index is 1.32. The highest BCUT2D eigenvalue weighted by molar-refractivity contribution is 5.89. The number of carbonyl (C=O) groups excluding carboxylic acids is 1. The lowest BCUT2D eigenvalue weighted by Crippen LogP contribution is -2.16. The zero-order valence-electron chi connectivity index (χ0n) is 18.6. The van der Waals surface area contributed by atoms with E-state index in [0.29, 0.717) is 30.4 Å². The first-order valence-corrected chi connectivity index (χ1v) is 10.6. The van der Waals surface area contributed by atoms with Crippen molar-refractivity contribution in [1.82, 2.24) is 14.8 Å². The molecule has 2 aromatic carbocycles. The molecule has 4 aromatic rings. The van der Waals surface area contributed by atoms with E-state index in [1.807, 2.05) is 45.3 Å². The molecule has 7 heteroatoms. The Morgan fingerprint density at radius 2 is 1.81 bits per heavy atom. The molecule has 0 fully saturated rings. The van der Waals surface area contributed by atoms with E-state index in [9.17, 15) is 4.79 Å².